The van der Waals surface area contributed by atoms with Gasteiger partial charge in [0, 0.05) is 16.3 Å². The normalized spacial score (nSPS) is 12.1. The minimum Gasteiger partial charge on any atom is -0.248 e. The van der Waals surface area contributed by atoms with Gasteiger partial charge in [-0.25, -0.2) is 4.98 Å². The van der Waals surface area contributed by atoms with E-state index in [-0.39, 0.29) is 0 Å². The van der Waals surface area contributed by atoms with Crippen LogP contribution in [0.5, 0.6) is 0 Å². The summed E-state index contributed by atoms with van der Waals surface area (Å²) in [5, 5.41) is 19.8. The monoisotopic (exact) mass is 885 g/mol. The molecule has 0 atom stereocenters. The number of nitrogens with zero attached hydrogens (tertiary/aromatic N) is 1. The van der Waals surface area contributed by atoms with Crippen LogP contribution in [0.4, 0.5) is 0 Å². The smallest absolute Gasteiger partial charge is 0.0715 e. The van der Waals surface area contributed by atoms with Crippen molar-refractivity contribution in [3.05, 3.63) is 272 Å². The lowest BCUT2D eigenvalue weighted by Gasteiger charge is -2.18. The summed E-state index contributed by atoms with van der Waals surface area (Å²) in [6, 6.07) is 88.9. The molecular formula is C69H43N. The Morgan fingerprint density at radius 2 is 0.700 bits per heavy atom. The minimum atomic E-state index is 0.938. The van der Waals surface area contributed by atoms with Crippen molar-refractivity contribution in [1.29, 1.82) is 0 Å². The molecule has 14 rings (SSSR count). The third kappa shape index (κ3) is 6.36. The number of benzene rings is 13. The molecule has 0 aliphatic rings. The van der Waals surface area contributed by atoms with Crippen molar-refractivity contribution in [3.8, 4) is 22.3 Å². The molecule has 0 radical (unpaired) electrons. The maximum absolute atomic E-state index is 5.01. The molecule has 1 aromatic heterocycles. The van der Waals surface area contributed by atoms with Crippen LogP contribution in [-0.4, -0.2) is 4.98 Å². The summed E-state index contributed by atoms with van der Waals surface area (Å²) in [5.41, 5.74) is 12.1. The van der Waals surface area contributed by atoms with E-state index in [9.17, 15) is 0 Å². The topological polar surface area (TPSA) is 12.9 Å². The second-order valence-corrected chi connectivity index (χ2v) is 18.6. The van der Waals surface area contributed by atoms with Crippen molar-refractivity contribution in [1.82, 2.24) is 4.98 Å². The molecule has 0 saturated heterocycles. The van der Waals surface area contributed by atoms with Crippen LogP contribution in [0.3, 0.4) is 0 Å². The van der Waals surface area contributed by atoms with E-state index < -0.39 is 0 Å². The second kappa shape index (κ2) is 16.0. The van der Waals surface area contributed by atoms with Crippen LogP contribution in [0.25, 0.3) is 131 Å². The van der Waals surface area contributed by atoms with Crippen molar-refractivity contribution in [2.75, 3.05) is 0 Å². The van der Waals surface area contributed by atoms with E-state index in [1.165, 1.54) is 92.1 Å². The predicted molar refractivity (Wildman–Crippen MR) is 302 cm³/mol. The van der Waals surface area contributed by atoms with Crippen molar-refractivity contribution >= 4 is 108 Å². The molecule has 0 aliphatic carbocycles. The molecule has 1 nitrogen and oxygen atoms in total. The molecule has 0 fully saturated rings. The van der Waals surface area contributed by atoms with E-state index in [4.69, 9.17) is 11.6 Å². The van der Waals surface area contributed by atoms with Crippen molar-refractivity contribution < 1.29 is 0 Å². The molecule has 1 heterocycles. The largest absolute Gasteiger partial charge is 0.248 e. The average molecular weight is 886 g/mol. The molecule has 70 heavy (non-hydrogen) atoms. The van der Waals surface area contributed by atoms with Crippen LogP contribution in [0.2, 0.25) is 0 Å². The third-order valence-electron chi connectivity index (χ3n) is 14.7. The zero-order valence-electron chi connectivity index (χ0n) is 38.3. The Bertz CT molecular complexity index is 4410. The summed E-state index contributed by atoms with van der Waals surface area (Å²) in [6.07, 6.45) is 2.31. The highest BCUT2D eigenvalue weighted by Gasteiger charge is 2.18. The number of pyridine rings is 1. The summed E-state index contributed by atoms with van der Waals surface area (Å²) in [6.45, 7) is 4.82. The van der Waals surface area contributed by atoms with Gasteiger partial charge in [-0.3, -0.25) is 0 Å². The lowest BCUT2D eigenvalue weighted by molar-refractivity contribution is 1.49. The minimum absolute atomic E-state index is 0.938. The Labute approximate surface area is 405 Å². The maximum atomic E-state index is 5.01. The standard InChI is InChI=1S/C69H43N/c1-43(44-30-32-45(33-31-44)69-61-26-12-14-28-67(61)70-68-29-15-13-27-62(68)69)38-63(47-34-36-59-55-22-6-4-18-51(55)53-20-8-10-24-57(53)65(59)40-47)49-39-46-16-2-3-17-50(46)64(42-49)48-35-37-60-56-23-7-5-19-52(56)54-21-9-11-25-58(54)66(60)41-48/h2-42H,1H2/b63-38-. The molecule has 1 heteroatoms. The van der Waals surface area contributed by atoms with E-state index in [1.54, 1.807) is 0 Å². The Kier molecular flexibility index (Phi) is 9.12. The first-order valence-electron chi connectivity index (χ1n) is 24.1. The molecule has 0 spiro atoms. The highest BCUT2D eigenvalue weighted by atomic mass is 14.7. The van der Waals surface area contributed by atoms with Gasteiger partial charge >= 0.3 is 0 Å². The van der Waals surface area contributed by atoms with E-state index in [0.717, 1.165) is 55.2 Å². The molecule has 0 aliphatic heterocycles. The molecule has 0 saturated carbocycles. The number of hydrogen-bond acceptors (Lipinski definition) is 1. The number of allylic oxidation sites excluding steroid dienone is 2. The van der Waals surface area contributed by atoms with Gasteiger partial charge in [0.05, 0.1) is 11.0 Å². The summed E-state index contributed by atoms with van der Waals surface area (Å²) in [7, 11) is 0. The van der Waals surface area contributed by atoms with Crippen molar-refractivity contribution in [3.63, 3.8) is 0 Å². The van der Waals surface area contributed by atoms with Gasteiger partial charge in [0.25, 0.3) is 0 Å². The fraction of sp³-hybridized carbons (Fsp3) is 0. The first kappa shape index (κ1) is 39.9. The Morgan fingerprint density at radius 3 is 1.24 bits per heavy atom. The van der Waals surface area contributed by atoms with Crippen molar-refractivity contribution in [2.24, 2.45) is 0 Å². The van der Waals surface area contributed by atoms with E-state index in [2.05, 4.69) is 249 Å². The third-order valence-corrected chi connectivity index (χ3v) is 14.7. The van der Waals surface area contributed by atoms with Gasteiger partial charge in [-0.1, -0.05) is 213 Å². The first-order valence-corrected chi connectivity index (χ1v) is 24.1. The Hall–Kier alpha value is -9.17. The molecule has 14 aromatic rings. The number of para-hydroxylation sites is 2. The number of fused-ring (bicyclic) bond motifs is 15. The quantitative estimate of drug-likeness (QED) is 0.0921. The Morgan fingerprint density at radius 1 is 0.300 bits per heavy atom. The highest BCUT2D eigenvalue weighted by molar-refractivity contribution is 6.27. The fourth-order valence-electron chi connectivity index (χ4n) is 11.4. The van der Waals surface area contributed by atoms with Crippen LogP contribution >= 0.6 is 0 Å². The van der Waals surface area contributed by atoms with Gasteiger partial charge in [0.15, 0.2) is 0 Å². The van der Waals surface area contributed by atoms with E-state index in [0.29, 0.717) is 0 Å². The van der Waals surface area contributed by atoms with Gasteiger partial charge in [0.1, 0.15) is 0 Å². The molecule has 324 valence electrons. The molecule has 0 unspecified atom stereocenters. The van der Waals surface area contributed by atoms with Crippen LogP contribution in [-0.2, 0) is 0 Å². The van der Waals surface area contributed by atoms with Gasteiger partial charge < -0.3 is 0 Å². The fourth-order valence-corrected chi connectivity index (χ4v) is 11.4. The number of aromatic nitrogens is 1. The SMILES string of the molecule is C=C(/C=C(\c1cc(-c2ccc3c4ccccc4c4ccccc4c3c2)c2ccccc2c1)c1ccc2c3ccccc3c3ccccc3c2c1)c1ccc(-c2c3ccccc3nc3ccccc23)cc1. The molecular weight excluding hydrogens is 843 g/mol. The zero-order valence-corrected chi connectivity index (χ0v) is 38.3. The molecule has 0 N–H and O–H groups in total. The first-order chi connectivity index (χ1) is 34.6. The van der Waals surface area contributed by atoms with Gasteiger partial charge in [-0.2, -0.15) is 0 Å². The lowest BCUT2D eigenvalue weighted by atomic mass is 9.86. The predicted octanol–water partition coefficient (Wildman–Crippen LogP) is 18.9. The van der Waals surface area contributed by atoms with Gasteiger partial charge in [-0.05, 0) is 162 Å². The molecule has 0 bridgehead atoms. The highest BCUT2D eigenvalue weighted by Crippen LogP contribution is 2.43. The van der Waals surface area contributed by atoms with Gasteiger partial charge in [0.2, 0.25) is 0 Å². The molecule has 0 amide bonds. The summed E-state index contributed by atoms with van der Waals surface area (Å²) in [5.74, 6) is 0. The second-order valence-electron chi connectivity index (χ2n) is 18.6. The Balaban J connectivity index is 0.979. The number of rotatable bonds is 6. The summed E-state index contributed by atoms with van der Waals surface area (Å²) in [4.78, 5) is 5.01. The maximum Gasteiger partial charge on any atom is 0.0715 e. The van der Waals surface area contributed by atoms with Crippen LogP contribution < -0.4 is 0 Å². The number of hydrogen-bond donors (Lipinski definition) is 0. The summed E-state index contributed by atoms with van der Waals surface area (Å²) >= 11 is 0. The zero-order chi connectivity index (χ0) is 46.3. The van der Waals surface area contributed by atoms with Gasteiger partial charge in [-0.15, -0.1) is 0 Å². The van der Waals surface area contributed by atoms with Crippen LogP contribution in [0.15, 0.2) is 255 Å². The van der Waals surface area contributed by atoms with Crippen LogP contribution in [0.1, 0.15) is 16.7 Å². The molecule has 13 aromatic carbocycles. The van der Waals surface area contributed by atoms with Crippen LogP contribution in [0, 0.1) is 0 Å². The van der Waals surface area contributed by atoms with Crippen molar-refractivity contribution in [2.45, 2.75) is 0 Å². The summed E-state index contributed by atoms with van der Waals surface area (Å²) < 4.78 is 0. The van der Waals surface area contributed by atoms with E-state index in [1.807, 2.05) is 0 Å². The lowest BCUT2D eigenvalue weighted by Crippen LogP contribution is -1.94. The average Bonchev–Trinajstić information content (AvgIpc) is 3.43. The van der Waals surface area contributed by atoms with E-state index >= 15 is 0 Å².